The van der Waals surface area contributed by atoms with E-state index < -0.39 is 46.7 Å². The van der Waals surface area contributed by atoms with Crippen molar-refractivity contribution in [3.8, 4) is 0 Å². The van der Waals surface area contributed by atoms with E-state index in [1.807, 2.05) is 6.92 Å². The zero-order chi connectivity index (χ0) is 23.3. The number of rotatable bonds is 8. The maximum Gasteiger partial charge on any atom is 0.332 e. The van der Waals surface area contributed by atoms with Crippen molar-refractivity contribution in [3.05, 3.63) is 0 Å². The van der Waals surface area contributed by atoms with Crippen LogP contribution >= 0.6 is 0 Å². The lowest BCUT2D eigenvalue weighted by Gasteiger charge is -2.63. The van der Waals surface area contributed by atoms with Crippen LogP contribution in [0.1, 0.15) is 90.9 Å². The first-order chi connectivity index (χ1) is 14.9. The first kappa shape index (κ1) is 23.9. The Labute approximate surface area is 188 Å². The SMILES string of the molecule is CCC1(OC(=O)COC23CC4CC(O)(C2)CC(C(=O)OCC(C)(F)F)(C4)C3)CCCCC1. The van der Waals surface area contributed by atoms with Gasteiger partial charge in [-0.05, 0) is 70.1 Å². The van der Waals surface area contributed by atoms with Crippen LogP contribution in [0.15, 0.2) is 0 Å². The van der Waals surface area contributed by atoms with Crippen molar-refractivity contribution in [1.82, 2.24) is 0 Å². The minimum Gasteiger partial charge on any atom is -0.459 e. The number of halogens is 2. The van der Waals surface area contributed by atoms with Gasteiger partial charge >= 0.3 is 11.9 Å². The van der Waals surface area contributed by atoms with E-state index in [4.69, 9.17) is 14.2 Å². The van der Waals surface area contributed by atoms with Crippen LogP contribution < -0.4 is 0 Å². The molecule has 4 unspecified atom stereocenters. The topological polar surface area (TPSA) is 82.1 Å². The highest BCUT2D eigenvalue weighted by atomic mass is 19.3. The van der Waals surface area contributed by atoms with E-state index in [0.717, 1.165) is 38.5 Å². The molecule has 0 saturated heterocycles. The molecule has 5 aliphatic carbocycles. The first-order valence-electron chi connectivity index (χ1n) is 12.0. The fraction of sp³-hybridized carbons (Fsp3) is 0.917. The number of ether oxygens (including phenoxy) is 3. The lowest BCUT2D eigenvalue weighted by Crippen LogP contribution is -2.66. The Bertz CT molecular complexity index is 745. The molecule has 0 spiro atoms. The Morgan fingerprint density at radius 2 is 1.78 bits per heavy atom. The third-order valence-corrected chi connectivity index (χ3v) is 8.11. The maximum atomic E-state index is 13.3. The van der Waals surface area contributed by atoms with E-state index in [1.165, 1.54) is 0 Å². The summed E-state index contributed by atoms with van der Waals surface area (Å²) in [6.45, 7) is 1.53. The predicted molar refractivity (Wildman–Crippen MR) is 111 cm³/mol. The second kappa shape index (κ2) is 8.19. The Balaban J connectivity index is 1.43. The number of aliphatic hydroxyl groups is 1. The van der Waals surface area contributed by atoms with Crippen LogP contribution in [0.3, 0.4) is 0 Å². The van der Waals surface area contributed by atoms with Gasteiger partial charge in [-0.25, -0.2) is 13.6 Å². The highest BCUT2D eigenvalue weighted by molar-refractivity contribution is 5.78. The summed E-state index contributed by atoms with van der Waals surface area (Å²) in [5.74, 6) is -4.19. The van der Waals surface area contributed by atoms with E-state index in [2.05, 4.69) is 0 Å². The van der Waals surface area contributed by atoms with Gasteiger partial charge in [0.05, 0.1) is 16.6 Å². The van der Waals surface area contributed by atoms with Gasteiger partial charge in [-0.2, -0.15) is 0 Å². The molecular formula is C24H36F2O6. The van der Waals surface area contributed by atoms with Crippen LogP contribution in [0.25, 0.3) is 0 Å². The summed E-state index contributed by atoms with van der Waals surface area (Å²) in [5, 5.41) is 11.2. The molecule has 0 aliphatic heterocycles. The van der Waals surface area contributed by atoms with E-state index in [0.29, 0.717) is 32.6 Å². The Morgan fingerprint density at radius 3 is 2.41 bits per heavy atom. The number of carbonyl (C=O) groups is 2. The molecule has 4 atom stereocenters. The molecule has 182 valence electrons. The second-order valence-electron chi connectivity index (χ2n) is 11.2. The number of alkyl halides is 2. The van der Waals surface area contributed by atoms with Crippen LogP contribution in [0.4, 0.5) is 8.78 Å². The third-order valence-electron chi connectivity index (χ3n) is 8.11. The van der Waals surface area contributed by atoms with E-state index in [9.17, 15) is 23.5 Å². The number of esters is 2. The summed E-state index contributed by atoms with van der Waals surface area (Å²) in [4.78, 5) is 25.6. The average Bonchev–Trinajstić information content (AvgIpc) is 2.69. The lowest BCUT2D eigenvalue weighted by atomic mass is 9.46. The van der Waals surface area contributed by atoms with Gasteiger partial charge in [0.2, 0.25) is 0 Å². The van der Waals surface area contributed by atoms with Crippen molar-refractivity contribution < 1.29 is 37.7 Å². The molecule has 5 saturated carbocycles. The van der Waals surface area contributed by atoms with Crippen LogP contribution in [-0.2, 0) is 23.8 Å². The fourth-order valence-corrected chi connectivity index (χ4v) is 7.24. The van der Waals surface area contributed by atoms with Crippen molar-refractivity contribution >= 4 is 11.9 Å². The third kappa shape index (κ3) is 4.81. The molecule has 5 rings (SSSR count). The summed E-state index contributed by atoms with van der Waals surface area (Å²) >= 11 is 0. The van der Waals surface area contributed by atoms with Gasteiger partial charge in [-0.1, -0.05) is 13.3 Å². The minimum atomic E-state index is -3.11. The summed E-state index contributed by atoms with van der Waals surface area (Å²) < 4.78 is 43.5. The van der Waals surface area contributed by atoms with Crippen molar-refractivity contribution in [1.29, 1.82) is 0 Å². The van der Waals surface area contributed by atoms with Gasteiger partial charge in [0.25, 0.3) is 5.92 Å². The summed E-state index contributed by atoms with van der Waals surface area (Å²) in [7, 11) is 0. The molecule has 0 aromatic carbocycles. The standard InChI is InChI=1S/C24H36F2O6/c1-3-23(7-5-4-6-8-23)32-18(27)12-31-24-11-17-9-21(14-24,13-22(29,10-17)15-24)19(28)30-16-20(2,25)26/h17,29H,3-16H2,1-2H3. The molecule has 5 fully saturated rings. The minimum absolute atomic E-state index is 0.0299. The summed E-state index contributed by atoms with van der Waals surface area (Å²) in [5.41, 5.74) is -3.41. The first-order valence-corrected chi connectivity index (χ1v) is 12.0. The molecular weight excluding hydrogens is 422 g/mol. The van der Waals surface area contributed by atoms with Gasteiger partial charge in [0.1, 0.15) is 12.2 Å². The number of hydrogen-bond acceptors (Lipinski definition) is 6. The lowest BCUT2D eigenvalue weighted by molar-refractivity contribution is -0.254. The quantitative estimate of drug-likeness (QED) is 0.546. The molecule has 4 bridgehead atoms. The molecule has 5 aliphatic rings. The monoisotopic (exact) mass is 458 g/mol. The molecule has 0 aromatic heterocycles. The maximum absolute atomic E-state index is 13.3. The number of carbonyl (C=O) groups excluding carboxylic acids is 2. The van der Waals surface area contributed by atoms with Gasteiger partial charge in [-0.3, -0.25) is 4.79 Å². The van der Waals surface area contributed by atoms with Gasteiger partial charge in [0.15, 0.2) is 6.61 Å². The molecule has 8 heteroatoms. The smallest absolute Gasteiger partial charge is 0.332 e. The predicted octanol–water partition coefficient (Wildman–Crippen LogP) is 4.31. The Kier molecular flexibility index (Phi) is 6.11. The van der Waals surface area contributed by atoms with Crippen molar-refractivity contribution in [3.63, 3.8) is 0 Å². The molecule has 32 heavy (non-hydrogen) atoms. The molecule has 0 radical (unpaired) electrons. The summed E-state index contributed by atoms with van der Waals surface area (Å²) in [6.07, 6.45) is 8.23. The van der Waals surface area contributed by atoms with Crippen LogP contribution in [0.5, 0.6) is 0 Å². The van der Waals surface area contributed by atoms with E-state index in [-0.39, 0.29) is 25.4 Å². The number of hydrogen-bond donors (Lipinski definition) is 1. The molecule has 6 nitrogen and oxygen atoms in total. The molecule has 0 aromatic rings. The molecule has 0 amide bonds. The molecule has 1 N–H and O–H groups in total. The van der Waals surface area contributed by atoms with Gasteiger partial charge < -0.3 is 19.3 Å². The Hall–Kier alpha value is -1.28. The fourth-order valence-electron chi connectivity index (χ4n) is 7.24. The van der Waals surface area contributed by atoms with Gasteiger partial charge in [0, 0.05) is 13.3 Å². The average molecular weight is 459 g/mol. The van der Waals surface area contributed by atoms with Crippen molar-refractivity contribution in [2.24, 2.45) is 11.3 Å². The highest BCUT2D eigenvalue weighted by Gasteiger charge is 2.67. The summed E-state index contributed by atoms with van der Waals surface area (Å²) in [6, 6.07) is 0. The van der Waals surface area contributed by atoms with Crippen LogP contribution in [0, 0.1) is 11.3 Å². The van der Waals surface area contributed by atoms with Crippen LogP contribution in [-0.4, -0.2) is 53.0 Å². The van der Waals surface area contributed by atoms with E-state index >= 15 is 0 Å². The van der Waals surface area contributed by atoms with Gasteiger partial charge in [-0.15, -0.1) is 0 Å². The zero-order valence-corrected chi connectivity index (χ0v) is 19.2. The second-order valence-corrected chi connectivity index (χ2v) is 11.2. The molecule has 0 heterocycles. The van der Waals surface area contributed by atoms with Crippen LogP contribution in [0.2, 0.25) is 0 Å². The Morgan fingerprint density at radius 1 is 1.06 bits per heavy atom. The van der Waals surface area contributed by atoms with Crippen molar-refractivity contribution in [2.75, 3.05) is 13.2 Å². The van der Waals surface area contributed by atoms with Crippen molar-refractivity contribution in [2.45, 2.75) is 114 Å². The highest BCUT2D eigenvalue weighted by Crippen LogP contribution is 2.64. The largest absolute Gasteiger partial charge is 0.459 e. The zero-order valence-electron chi connectivity index (χ0n) is 19.2. The normalized spacial score (nSPS) is 37.8. The van der Waals surface area contributed by atoms with E-state index in [1.54, 1.807) is 0 Å².